The zero-order chi connectivity index (χ0) is 15.5. The molecular weight excluding hydrogens is 360 g/mol. The number of rotatable bonds is 3. The van der Waals surface area contributed by atoms with Crippen molar-refractivity contribution < 1.29 is 0 Å². The lowest BCUT2D eigenvalue weighted by Gasteiger charge is -2.04. The summed E-state index contributed by atoms with van der Waals surface area (Å²) < 4.78 is 3.07. The highest BCUT2D eigenvalue weighted by Gasteiger charge is 2.10. The number of aryl methyl sites for hydroxylation is 1. The van der Waals surface area contributed by atoms with Gasteiger partial charge in [0, 0.05) is 15.6 Å². The SMILES string of the molecule is Cc1ccccc1-c1n[nH]c(=S)n1/N=C\c1ccccc1Br. The third-order valence-corrected chi connectivity index (χ3v) is 4.24. The maximum absolute atomic E-state index is 5.28. The minimum absolute atomic E-state index is 0.460. The van der Waals surface area contributed by atoms with Gasteiger partial charge in [-0.25, -0.2) is 5.10 Å². The predicted molar refractivity (Wildman–Crippen MR) is 94.7 cm³/mol. The molecule has 0 spiro atoms. The Balaban J connectivity index is 2.06. The molecule has 2 aromatic carbocycles. The number of benzene rings is 2. The lowest BCUT2D eigenvalue weighted by molar-refractivity contribution is 0.870. The molecule has 22 heavy (non-hydrogen) atoms. The van der Waals surface area contributed by atoms with Gasteiger partial charge in [-0.05, 0) is 30.8 Å². The number of H-pyrrole nitrogens is 1. The van der Waals surface area contributed by atoms with Crippen LogP contribution in [-0.2, 0) is 0 Å². The van der Waals surface area contributed by atoms with E-state index in [0.717, 1.165) is 21.2 Å². The quantitative estimate of drug-likeness (QED) is 0.540. The van der Waals surface area contributed by atoms with Crippen LogP contribution in [0.3, 0.4) is 0 Å². The van der Waals surface area contributed by atoms with Crippen molar-refractivity contribution in [2.45, 2.75) is 6.92 Å². The number of aromatic nitrogens is 3. The van der Waals surface area contributed by atoms with E-state index in [9.17, 15) is 0 Å². The molecular formula is C16H13BrN4S. The topological polar surface area (TPSA) is 46.0 Å². The third kappa shape index (κ3) is 2.93. The Kier molecular flexibility index (Phi) is 4.31. The number of hydrogen-bond acceptors (Lipinski definition) is 3. The first kappa shape index (κ1) is 14.9. The van der Waals surface area contributed by atoms with Crippen LogP contribution in [0.25, 0.3) is 11.4 Å². The highest BCUT2D eigenvalue weighted by molar-refractivity contribution is 9.10. The van der Waals surface area contributed by atoms with Gasteiger partial charge in [0.15, 0.2) is 5.82 Å². The minimum Gasteiger partial charge on any atom is -0.250 e. The van der Waals surface area contributed by atoms with Crippen LogP contribution in [0.2, 0.25) is 0 Å². The van der Waals surface area contributed by atoms with Gasteiger partial charge in [-0.15, -0.1) is 0 Å². The fraction of sp³-hybridized carbons (Fsp3) is 0.0625. The van der Waals surface area contributed by atoms with Crippen LogP contribution >= 0.6 is 28.1 Å². The van der Waals surface area contributed by atoms with Crippen LogP contribution in [0.15, 0.2) is 58.1 Å². The minimum atomic E-state index is 0.460. The summed E-state index contributed by atoms with van der Waals surface area (Å²) in [7, 11) is 0. The zero-order valence-electron chi connectivity index (χ0n) is 11.8. The van der Waals surface area contributed by atoms with Gasteiger partial charge in [-0.1, -0.05) is 58.4 Å². The second kappa shape index (κ2) is 6.37. The van der Waals surface area contributed by atoms with Gasteiger partial charge in [0.1, 0.15) is 0 Å². The molecule has 3 aromatic rings. The van der Waals surface area contributed by atoms with Gasteiger partial charge in [0.25, 0.3) is 0 Å². The fourth-order valence-electron chi connectivity index (χ4n) is 2.10. The Hall–Kier alpha value is -2.05. The molecule has 0 unspecified atom stereocenters. The Morgan fingerprint density at radius 2 is 1.91 bits per heavy atom. The van der Waals surface area contributed by atoms with Gasteiger partial charge >= 0.3 is 0 Å². The Morgan fingerprint density at radius 3 is 2.68 bits per heavy atom. The van der Waals surface area contributed by atoms with Crippen molar-refractivity contribution in [2.75, 3.05) is 0 Å². The molecule has 0 atom stereocenters. The lowest BCUT2D eigenvalue weighted by atomic mass is 10.1. The molecule has 3 rings (SSSR count). The van der Waals surface area contributed by atoms with E-state index >= 15 is 0 Å². The maximum Gasteiger partial charge on any atom is 0.216 e. The average molecular weight is 373 g/mol. The summed E-state index contributed by atoms with van der Waals surface area (Å²) in [6.07, 6.45) is 1.76. The van der Waals surface area contributed by atoms with E-state index in [1.807, 2.05) is 55.5 Å². The summed E-state index contributed by atoms with van der Waals surface area (Å²) in [5.41, 5.74) is 3.09. The molecule has 0 amide bonds. The molecule has 0 bridgehead atoms. The molecule has 0 aliphatic rings. The number of halogens is 1. The molecule has 0 saturated heterocycles. The largest absolute Gasteiger partial charge is 0.250 e. The summed E-state index contributed by atoms with van der Waals surface area (Å²) >= 11 is 8.79. The molecule has 1 N–H and O–H groups in total. The normalized spacial score (nSPS) is 11.2. The second-order valence-corrected chi connectivity index (χ2v) is 5.99. The predicted octanol–water partition coefficient (Wildman–Crippen LogP) is 4.56. The van der Waals surface area contributed by atoms with Crippen molar-refractivity contribution in [1.29, 1.82) is 0 Å². The Labute approximate surface area is 141 Å². The Morgan fingerprint density at radius 1 is 1.18 bits per heavy atom. The van der Waals surface area contributed by atoms with E-state index in [2.05, 4.69) is 31.2 Å². The monoisotopic (exact) mass is 372 g/mol. The molecule has 0 aliphatic heterocycles. The van der Waals surface area contributed by atoms with Crippen molar-refractivity contribution in [3.8, 4) is 11.4 Å². The van der Waals surface area contributed by atoms with Gasteiger partial charge < -0.3 is 0 Å². The van der Waals surface area contributed by atoms with Gasteiger partial charge in [0.05, 0.1) is 6.21 Å². The van der Waals surface area contributed by atoms with E-state index in [1.54, 1.807) is 10.9 Å². The van der Waals surface area contributed by atoms with E-state index in [0.29, 0.717) is 10.6 Å². The van der Waals surface area contributed by atoms with Crippen LogP contribution in [-0.4, -0.2) is 21.1 Å². The first-order chi connectivity index (χ1) is 10.7. The molecule has 4 nitrogen and oxygen atoms in total. The van der Waals surface area contributed by atoms with E-state index < -0.39 is 0 Å². The van der Waals surface area contributed by atoms with Crippen LogP contribution in [0.1, 0.15) is 11.1 Å². The van der Waals surface area contributed by atoms with E-state index in [1.165, 1.54) is 0 Å². The summed E-state index contributed by atoms with van der Waals surface area (Å²) in [5.74, 6) is 0.700. The fourth-order valence-corrected chi connectivity index (χ4v) is 2.66. The molecule has 0 fully saturated rings. The number of nitrogens with zero attached hydrogens (tertiary/aromatic N) is 3. The van der Waals surface area contributed by atoms with Crippen molar-refractivity contribution in [3.63, 3.8) is 0 Å². The van der Waals surface area contributed by atoms with Crippen LogP contribution in [0.4, 0.5) is 0 Å². The molecule has 110 valence electrons. The third-order valence-electron chi connectivity index (χ3n) is 3.25. The average Bonchev–Trinajstić information content (AvgIpc) is 2.88. The molecule has 6 heteroatoms. The Bertz CT molecular complexity index is 895. The maximum atomic E-state index is 5.28. The zero-order valence-corrected chi connectivity index (χ0v) is 14.2. The molecule has 1 heterocycles. The summed E-state index contributed by atoms with van der Waals surface area (Å²) in [6.45, 7) is 2.04. The highest BCUT2D eigenvalue weighted by atomic mass is 79.9. The first-order valence-corrected chi connectivity index (χ1v) is 7.89. The van der Waals surface area contributed by atoms with E-state index in [-0.39, 0.29) is 0 Å². The van der Waals surface area contributed by atoms with Crippen molar-refractivity contribution in [2.24, 2.45) is 5.10 Å². The molecule has 0 saturated carbocycles. The summed E-state index contributed by atoms with van der Waals surface area (Å²) in [5, 5.41) is 11.6. The standard InChI is InChI=1S/C16H13BrN4S/c1-11-6-2-4-8-13(11)15-19-20-16(22)21(15)18-10-12-7-3-5-9-14(12)17/h2-10H,1H3,(H,20,22)/b18-10-. The summed E-state index contributed by atoms with van der Waals surface area (Å²) in [6, 6.07) is 15.9. The van der Waals surface area contributed by atoms with Crippen molar-refractivity contribution in [1.82, 2.24) is 14.9 Å². The van der Waals surface area contributed by atoms with E-state index in [4.69, 9.17) is 12.2 Å². The van der Waals surface area contributed by atoms with Crippen molar-refractivity contribution >= 4 is 34.4 Å². The van der Waals surface area contributed by atoms with Crippen LogP contribution in [0.5, 0.6) is 0 Å². The lowest BCUT2D eigenvalue weighted by Crippen LogP contribution is -1.96. The molecule has 0 aliphatic carbocycles. The summed E-state index contributed by atoms with van der Waals surface area (Å²) in [4.78, 5) is 0. The van der Waals surface area contributed by atoms with Gasteiger partial charge in [0.2, 0.25) is 4.77 Å². The second-order valence-electron chi connectivity index (χ2n) is 4.75. The van der Waals surface area contributed by atoms with Crippen LogP contribution < -0.4 is 0 Å². The number of nitrogens with one attached hydrogen (secondary N) is 1. The number of aromatic amines is 1. The smallest absolute Gasteiger partial charge is 0.216 e. The number of hydrogen-bond donors (Lipinski definition) is 1. The highest BCUT2D eigenvalue weighted by Crippen LogP contribution is 2.21. The first-order valence-electron chi connectivity index (χ1n) is 6.69. The van der Waals surface area contributed by atoms with Gasteiger partial charge in [-0.3, -0.25) is 0 Å². The van der Waals surface area contributed by atoms with Gasteiger partial charge in [-0.2, -0.15) is 14.9 Å². The molecule has 1 aromatic heterocycles. The molecule has 0 radical (unpaired) electrons. The van der Waals surface area contributed by atoms with Crippen molar-refractivity contribution in [3.05, 3.63) is 68.9 Å². The van der Waals surface area contributed by atoms with Crippen LogP contribution in [0, 0.1) is 11.7 Å².